The number of hydrogen-bond acceptors (Lipinski definition) is 15. The van der Waals surface area contributed by atoms with Gasteiger partial charge in [0, 0.05) is 73.4 Å². The molecule has 540 valence electrons. The predicted molar refractivity (Wildman–Crippen MR) is 425 cm³/mol. The number of hydrogen-bond donors (Lipinski definition) is 0. The van der Waals surface area contributed by atoms with Crippen molar-refractivity contribution in [3.05, 3.63) is 290 Å². The Morgan fingerprint density at radius 1 is 0.278 bits per heavy atom. The van der Waals surface area contributed by atoms with Gasteiger partial charge in [-0.1, -0.05) is 127 Å². The number of ether oxygens (including phenoxy) is 6. The summed E-state index contributed by atoms with van der Waals surface area (Å²) in [5.74, 6) is 2.36. The third-order valence-electron chi connectivity index (χ3n) is 20.7. The molecule has 1 aromatic heterocycles. The highest BCUT2D eigenvalue weighted by Crippen LogP contribution is 2.47. The van der Waals surface area contributed by atoms with E-state index < -0.39 is 36.4 Å². The van der Waals surface area contributed by atoms with Crippen molar-refractivity contribution >= 4 is 84.2 Å². The van der Waals surface area contributed by atoms with Gasteiger partial charge in [0.2, 0.25) is 18.3 Å². The van der Waals surface area contributed by atoms with E-state index in [-0.39, 0.29) is 35.8 Å². The number of fused-ring (bicyclic) bond motifs is 3. The summed E-state index contributed by atoms with van der Waals surface area (Å²) in [6.45, 7) is 17.8. The number of benzene rings is 12. The van der Waals surface area contributed by atoms with E-state index in [0.717, 1.165) is 122 Å². The Morgan fingerprint density at radius 3 is 0.750 bits per heavy atom. The molecular formula is C90H81N9O9. The van der Waals surface area contributed by atoms with E-state index >= 15 is 0 Å². The fourth-order valence-electron chi connectivity index (χ4n) is 14.9. The largest absolute Gasteiger partial charge is 0.478 e. The van der Waals surface area contributed by atoms with E-state index in [1.807, 2.05) is 237 Å². The molecule has 16 rings (SSSR count). The van der Waals surface area contributed by atoms with Gasteiger partial charge in [0.1, 0.15) is 52.6 Å². The summed E-state index contributed by atoms with van der Waals surface area (Å²) in [7, 11) is 0. The number of aromatic nitrogens is 3. The Kier molecular flexibility index (Phi) is 19.4. The van der Waals surface area contributed by atoms with Crippen LogP contribution in [0.5, 0.6) is 52.5 Å². The summed E-state index contributed by atoms with van der Waals surface area (Å²) >= 11 is 0. The van der Waals surface area contributed by atoms with Crippen molar-refractivity contribution in [2.75, 3.05) is 68.7 Å². The number of rotatable bonds is 27. The van der Waals surface area contributed by atoms with E-state index in [2.05, 4.69) is 56.2 Å². The second kappa shape index (κ2) is 30.3. The third-order valence-corrected chi connectivity index (χ3v) is 20.7. The highest BCUT2D eigenvalue weighted by molar-refractivity contribution is 6.07. The zero-order chi connectivity index (χ0) is 73.9. The van der Waals surface area contributed by atoms with E-state index in [1.165, 1.54) is 0 Å². The molecule has 13 aromatic rings. The van der Waals surface area contributed by atoms with Crippen LogP contribution in [0.4, 0.5) is 34.1 Å². The van der Waals surface area contributed by atoms with E-state index in [1.54, 1.807) is 51.1 Å². The number of β-lactam (4-membered cyclic amide) rings is 3. The molecule has 3 aliphatic rings. The fraction of sp³-hybridized carbons (Fsp3) is 0.200. The molecule has 0 spiro atoms. The van der Waals surface area contributed by atoms with Crippen LogP contribution >= 0.6 is 0 Å². The molecule has 6 atom stereocenters. The van der Waals surface area contributed by atoms with Crippen LogP contribution in [0.25, 0.3) is 32.3 Å². The van der Waals surface area contributed by atoms with Gasteiger partial charge in [-0.05, 0) is 236 Å². The van der Waals surface area contributed by atoms with Crippen molar-refractivity contribution in [3.8, 4) is 52.5 Å². The van der Waals surface area contributed by atoms with Crippen molar-refractivity contribution < 1.29 is 42.8 Å². The Bertz CT molecular complexity index is 4860. The number of carbonyl (C=O) groups excluding carboxylic acids is 3. The first-order valence-corrected chi connectivity index (χ1v) is 37.0. The summed E-state index contributed by atoms with van der Waals surface area (Å²) in [5.41, 5.74) is 7.84. The monoisotopic (exact) mass is 1430 g/mol. The molecule has 4 heterocycles. The van der Waals surface area contributed by atoms with Crippen molar-refractivity contribution in [3.63, 3.8) is 0 Å². The SMILES string of the molecule is CCN(CC)c1ccc(N2C(=O)C(Oc3ccc4ccccc4c3)C2c2ccc(Oc3nc(Oc4ccc(C5C(Oc6ccc7ccccc7c6)C(=O)N5c5ccc(N(CC)CC)cc5)cc4)nc(Oc4ccc(C5C(Oc6ccc7ccccc7c6)C(=O)N5c5ccc(N(CC)CC)cc5)cc4)n3)cc2)cc1. The van der Waals surface area contributed by atoms with Gasteiger partial charge in [-0.2, -0.15) is 0 Å². The first kappa shape index (κ1) is 69.4. The maximum Gasteiger partial charge on any atom is 0.331 e. The van der Waals surface area contributed by atoms with E-state index in [0.29, 0.717) is 34.5 Å². The maximum atomic E-state index is 14.4. The molecule has 0 bridgehead atoms. The van der Waals surface area contributed by atoms with Crippen molar-refractivity contribution in [1.82, 2.24) is 15.0 Å². The third kappa shape index (κ3) is 13.8. The van der Waals surface area contributed by atoms with Crippen LogP contribution in [0.2, 0.25) is 0 Å². The van der Waals surface area contributed by atoms with Crippen molar-refractivity contribution in [2.45, 2.75) is 78.0 Å². The standard InChI is InChI=1S/C90H81N9O9/c1-7-94(8-2)67-34-40-70(41-35-67)97-79(82(85(97)100)103-76-52-25-58-19-13-16-22-64(58)55-76)61-28-46-73(47-29-61)106-88-91-89(107-74-48-30-62(31-49-74)80-83(104-77-53-26-59-20-14-17-23-65(59)56-77)86(101)98(80)71-42-36-68(37-43-71)95(9-3)10-4)93-90(92-88)108-75-50-32-63(33-51-75)81-84(105-78-54-27-60-21-15-18-24-66(60)57-78)87(102)99(81)72-44-38-69(39-45-72)96(11-5)12-6/h13-57,79-84H,7-12H2,1-6H3. The molecule has 18 heteroatoms. The minimum atomic E-state index is -0.836. The van der Waals surface area contributed by atoms with Crippen LogP contribution in [0.1, 0.15) is 76.4 Å². The Labute approximate surface area is 627 Å². The van der Waals surface area contributed by atoms with Crippen LogP contribution in [0, 0.1) is 0 Å². The Hall–Kier alpha value is -13.0. The van der Waals surface area contributed by atoms with Crippen LogP contribution in [0.3, 0.4) is 0 Å². The van der Waals surface area contributed by atoms with E-state index in [4.69, 9.17) is 43.4 Å². The van der Waals surface area contributed by atoms with Gasteiger partial charge in [-0.25, -0.2) is 0 Å². The van der Waals surface area contributed by atoms with Gasteiger partial charge < -0.3 is 43.1 Å². The van der Waals surface area contributed by atoms with Gasteiger partial charge in [-0.3, -0.25) is 29.1 Å². The second-order valence-electron chi connectivity index (χ2n) is 26.9. The summed E-state index contributed by atoms with van der Waals surface area (Å²) in [4.78, 5) is 69.6. The van der Waals surface area contributed by atoms with Gasteiger partial charge in [0.05, 0.1) is 0 Å². The van der Waals surface area contributed by atoms with Gasteiger partial charge >= 0.3 is 18.0 Å². The molecule has 3 aliphatic heterocycles. The fourth-order valence-corrected chi connectivity index (χ4v) is 14.9. The molecule has 3 fully saturated rings. The molecule has 0 radical (unpaired) electrons. The van der Waals surface area contributed by atoms with Crippen LogP contribution in [0.15, 0.2) is 273 Å². The maximum absolute atomic E-state index is 14.4. The minimum absolute atomic E-state index is 0.143. The van der Waals surface area contributed by atoms with Crippen molar-refractivity contribution in [2.24, 2.45) is 0 Å². The van der Waals surface area contributed by atoms with Crippen LogP contribution in [-0.2, 0) is 14.4 Å². The molecule has 0 saturated carbocycles. The van der Waals surface area contributed by atoms with Crippen LogP contribution in [-0.4, -0.2) is 90.3 Å². The number of nitrogens with zero attached hydrogens (tertiary/aromatic N) is 9. The van der Waals surface area contributed by atoms with Crippen molar-refractivity contribution in [1.29, 1.82) is 0 Å². The summed E-state index contributed by atoms with van der Waals surface area (Å²) in [5, 5.41) is 6.20. The smallest absolute Gasteiger partial charge is 0.331 e. The number of carbonyl (C=O) groups is 3. The minimum Gasteiger partial charge on any atom is -0.478 e. The molecule has 12 aromatic carbocycles. The molecule has 18 nitrogen and oxygen atoms in total. The highest BCUT2D eigenvalue weighted by Gasteiger charge is 2.53. The Morgan fingerprint density at radius 2 is 0.509 bits per heavy atom. The van der Waals surface area contributed by atoms with Gasteiger partial charge in [0.15, 0.2) is 0 Å². The summed E-state index contributed by atoms with van der Waals surface area (Å²) in [6, 6.07) is 86.2. The second-order valence-corrected chi connectivity index (χ2v) is 26.9. The lowest BCUT2D eigenvalue weighted by atomic mass is 9.89. The number of amides is 3. The van der Waals surface area contributed by atoms with Crippen LogP contribution < -0.4 is 57.8 Å². The average Bonchev–Trinajstić information content (AvgIpc) is 0.746. The van der Waals surface area contributed by atoms with Gasteiger partial charge in [0.25, 0.3) is 17.7 Å². The quantitative estimate of drug-likeness (QED) is 0.0446. The van der Waals surface area contributed by atoms with Gasteiger partial charge in [-0.15, -0.1) is 15.0 Å². The highest BCUT2D eigenvalue weighted by atomic mass is 16.5. The molecule has 108 heavy (non-hydrogen) atoms. The molecule has 0 N–H and O–H groups in total. The molecule has 3 saturated heterocycles. The molecule has 0 aliphatic carbocycles. The molecule has 6 unspecified atom stereocenters. The number of anilines is 6. The summed E-state index contributed by atoms with van der Waals surface area (Å²) < 4.78 is 39.5. The Balaban J connectivity index is 0.710. The zero-order valence-electron chi connectivity index (χ0n) is 60.9. The lowest BCUT2D eigenvalue weighted by Gasteiger charge is -2.46. The lowest BCUT2D eigenvalue weighted by molar-refractivity contribution is -0.135. The topological polar surface area (TPSA) is 165 Å². The normalized spacial score (nSPS) is 17.4. The van der Waals surface area contributed by atoms with E-state index in [9.17, 15) is 14.4 Å². The average molecular weight is 1430 g/mol. The lowest BCUT2D eigenvalue weighted by Crippen LogP contribution is -2.61. The molecular weight excluding hydrogens is 1350 g/mol. The summed E-state index contributed by atoms with van der Waals surface area (Å²) in [6.07, 6.45) is -2.51. The first-order valence-electron chi connectivity index (χ1n) is 37.0. The molecule has 3 amide bonds. The zero-order valence-corrected chi connectivity index (χ0v) is 60.9. The first-order chi connectivity index (χ1) is 52.9. The predicted octanol–water partition coefficient (Wildman–Crippen LogP) is 18.9.